The molecule has 1 amide bonds. The lowest BCUT2D eigenvalue weighted by Gasteiger charge is -2.14. The monoisotopic (exact) mass is 370 g/mol. The predicted molar refractivity (Wildman–Crippen MR) is 112 cm³/mol. The fourth-order valence-corrected chi connectivity index (χ4v) is 3.30. The molecule has 1 unspecified atom stereocenters. The van der Waals surface area contributed by atoms with Gasteiger partial charge in [-0.1, -0.05) is 96.8 Å². The summed E-state index contributed by atoms with van der Waals surface area (Å²) in [6.07, 6.45) is 20.7. The lowest BCUT2D eigenvalue weighted by Crippen LogP contribution is -2.44. The Kier molecular flexibility index (Phi) is 20.2. The summed E-state index contributed by atoms with van der Waals surface area (Å²) in [7, 11) is 0. The van der Waals surface area contributed by atoms with Gasteiger partial charge < -0.3 is 10.4 Å². The van der Waals surface area contributed by atoms with Crippen molar-refractivity contribution in [1.29, 1.82) is 0 Å². The van der Waals surface area contributed by atoms with Crippen LogP contribution in [0, 0.1) is 0 Å². The SMILES string of the molecule is CCCCCCCCCCCCCCCCCC(=O)NC(C)NCCO. The largest absolute Gasteiger partial charge is 0.395 e. The van der Waals surface area contributed by atoms with Crippen LogP contribution in [0.2, 0.25) is 0 Å². The van der Waals surface area contributed by atoms with Gasteiger partial charge in [-0.2, -0.15) is 0 Å². The Balaban J connectivity index is 3.18. The van der Waals surface area contributed by atoms with Gasteiger partial charge in [0.1, 0.15) is 0 Å². The minimum atomic E-state index is -0.0639. The van der Waals surface area contributed by atoms with E-state index in [2.05, 4.69) is 17.6 Å². The van der Waals surface area contributed by atoms with Crippen LogP contribution < -0.4 is 10.6 Å². The van der Waals surface area contributed by atoms with Gasteiger partial charge >= 0.3 is 0 Å². The number of hydrogen-bond donors (Lipinski definition) is 3. The number of aliphatic hydroxyl groups excluding tert-OH is 1. The van der Waals surface area contributed by atoms with Gasteiger partial charge in [0.2, 0.25) is 5.91 Å². The first-order valence-electron chi connectivity index (χ1n) is 11.3. The molecule has 0 aliphatic rings. The Labute approximate surface area is 162 Å². The summed E-state index contributed by atoms with van der Waals surface area (Å²) in [5.41, 5.74) is 0. The molecule has 0 rings (SSSR count). The van der Waals surface area contributed by atoms with E-state index in [0.717, 1.165) is 12.8 Å². The number of carbonyl (C=O) groups excluding carboxylic acids is 1. The van der Waals surface area contributed by atoms with Gasteiger partial charge in [0.15, 0.2) is 0 Å². The average molecular weight is 371 g/mol. The minimum Gasteiger partial charge on any atom is -0.395 e. The second kappa shape index (κ2) is 20.7. The Morgan fingerprint density at radius 3 is 1.62 bits per heavy atom. The highest BCUT2D eigenvalue weighted by atomic mass is 16.3. The highest BCUT2D eigenvalue weighted by molar-refractivity contribution is 5.76. The van der Waals surface area contributed by atoms with Crippen molar-refractivity contribution in [2.75, 3.05) is 13.2 Å². The summed E-state index contributed by atoms with van der Waals surface area (Å²) in [4.78, 5) is 11.7. The van der Waals surface area contributed by atoms with Crippen molar-refractivity contribution < 1.29 is 9.90 Å². The van der Waals surface area contributed by atoms with Gasteiger partial charge in [-0.3, -0.25) is 10.1 Å². The summed E-state index contributed by atoms with van der Waals surface area (Å²) in [5.74, 6) is 0.109. The summed E-state index contributed by atoms with van der Waals surface area (Å²) in [5, 5.41) is 14.7. The molecule has 0 fully saturated rings. The zero-order chi connectivity index (χ0) is 19.3. The van der Waals surface area contributed by atoms with E-state index in [1.165, 1.54) is 83.5 Å². The number of rotatable bonds is 20. The first-order chi connectivity index (χ1) is 12.7. The molecule has 0 heterocycles. The second-order valence-corrected chi connectivity index (χ2v) is 7.67. The highest BCUT2D eigenvalue weighted by Crippen LogP contribution is 2.13. The third-order valence-corrected chi connectivity index (χ3v) is 4.95. The number of aliphatic hydroxyl groups is 1. The topological polar surface area (TPSA) is 61.4 Å². The third-order valence-electron chi connectivity index (χ3n) is 4.95. The molecule has 0 aromatic heterocycles. The fourth-order valence-electron chi connectivity index (χ4n) is 3.30. The summed E-state index contributed by atoms with van der Waals surface area (Å²) < 4.78 is 0. The molecule has 4 nitrogen and oxygen atoms in total. The maximum absolute atomic E-state index is 11.7. The molecule has 0 aliphatic carbocycles. The van der Waals surface area contributed by atoms with Gasteiger partial charge in [0.25, 0.3) is 0 Å². The highest BCUT2D eigenvalue weighted by Gasteiger charge is 2.05. The van der Waals surface area contributed by atoms with Crippen molar-refractivity contribution in [2.45, 2.75) is 123 Å². The lowest BCUT2D eigenvalue weighted by atomic mass is 10.0. The lowest BCUT2D eigenvalue weighted by molar-refractivity contribution is -0.122. The summed E-state index contributed by atoms with van der Waals surface area (Å²) >= 11 is 0. The molecule has 1 atom stereocenters. The smallest absolute Gasteiger partial charge is 0.221 e. The van der Waals surface area contributed by atoms with E-state index in [0.29, 0.717) is 13.0 Å². The molecule has 0 spiro atoms. The molecule has 0 aromatic rings. The summed E-state index contributed by atoms with van der Waals surface area (Å²) in [6, 6.07) is 0. The molecular formula is C22H46N2O2. The number of carbonyl (C=O) groups is 1. The Bertz CT molecular complexity index is 298. The molecule has 26 heavy (non-hydrogen) atoms. The van der Waals surface area contributed by atoms with Crippen molar-refractivity contribution in [1.82, 2.24) is 10.6 Å². The molecule has 4 heteroatoms. The molecule has 0 aromatic carbocycles. The van der Waals surface area contributed by atoms with E-state index in [4.69, 9.17) is 5.11 Å². The van der Waals surface area contributed by atoms with Crippen molar-refractivity contribution in [3.63, 3.8) is 0 Å². The van der Waals surface area contributed by atoms with Gasteiger partial charge in [0, 0.05) is 13.0 Å². The second-order valence-electron chi connectivity index (χ2n) is 7.67. The van der Waals surface area contributed by atoms with Crippen molar-refractivity contribution >= 4 is 5.91 Å². The van der Waals surface area contributed by atoms with E-state index in [-0.39, 0.29) is 18.7 Å². The minimum absolute atomic E-state index is 0.0639. The van der Waals surface area contributed by atoms with Crippen LogP contribution in [-0.4, -0.2) is 30.3 Å². The van der Waals surface area contributed by atoms with E-state index in [9.17, 15) is 4.79 Å². The van der Waals surface area contributed by atoms with Crippen molar-refractivity contribution in [2.24, 2.45) is 0 Å². The number of hydrogen-bond acceptors (Lipinski definition) is 3. The molecule has 3 N–H and O–H groups in total. The van der Waals surface area contributed by atoms with Crippen molar-refractivity contribution in [3.05, 3.63) is 0 Å². The van der Waals surface area contributed by atoms with Crippen LogP contribution in [0.3, 0.4) is 0 Å². The number of nitrogens with one attached hydrogen (secondary N) is 2. The van der Waals surface area contributed by atoms with Gasteiger partial charge in [-0.05, 0) is 13.3 Å². The molecule has 156 valence electrons. The number of amides is 1. The van der Waals surface area contributed by atoms with Gasteiger partial charge in [-0.15, -0.1) is 0 Å². The summed E-state index contributed by atoms with van der Waals surface area (Å²) in [6.45, 7) is 4.79. The molecule has 0 aliphatic heterocycles. The Hall–Kier alpha value is -0.610. The quantitative estimate of drug-likeness (QED) is 0.201. The van der Waals surface area contributed by atoms with Crippen LogP contribution in [0.1, 0.15) is 117 Å². The van der Waals surface area contributed by atoms with Gasteiger partial charge in [0.05, 0.1) is 12.8 Å². The van der Waals surface area contributed by atoms with Crippen LogP contribution in [0.25, 0.3) is 0 Å². The van der Waals surface area contributed by atoms with Crippen LogP contribution in [0.5, 0.6) is 0 Å². The maximum Gasteiger partial charge on any atom is 0.221 e. The first kappa shape index (κ1) is 25.4. The van der Waals surface area contributed by atoms with E-state index >= 15 is 0 Å². The maximum atomic E-state index is 11.7. The molecule has 0 saturated carbocycles. The van der Waals surface area contributed by atoms with E-state index < -0.39 is 0 Å². The fraction of sp³-hybridized carbons (Fsp3) is 0.955. The average Bonchev–Trinajstić information content (AvgIpc) is 2.63. The van der Waals surface area contributed by atoms with Crippen molar-refractivity contribution in [3.8, 4) is 0 Å². The zero-order valence-corrected chi connectivity index (χ0v) is 17.7. The molecule has 0 saturated heterocycles. The van der Waals surface area contributed by atoms with Crippen LogP contribution >= 0.6 is 0 Å². The standard InChI is InChI=1S/C22H46N2O2/c1-3-4-5-6-7-8-9-10-11-12-13-14-15-16-17-18-22(26)24-21(2)23-19-20-25/h21,23,25H,3-20H2,1-2H3,(H,24,26). The van der Waals surface area contributed by atoms with Crippen LogP contribution in [0.15, 0.2) is 0 Å². The van der Waals surface area contributed by atoms with Gasteiger partial charge in [-0.25, -0.2) is 0 Å². The van der Waals surface area contributed by atoms with E-state index in [1.807, 2.05) is 6.92 Å². The zero-order valence-electron chi connectivity index (χ0n) is 17.7. The molecule has 0 radical (unpaired) electrons. The Morgan fingerprint density at radius 1 is 0.769 bits per heavy atom. The third kappa shape index (κ3) is 19.7. The Morgan fingerprint density at radius 2 is 1.19 bits per heavy atom. The van der Waals surface area contributed by atoms with Crippen LogP contribution in [0.4, 0.5) is 0 Å². The van der Waals surface area contributed by atoms with E-state index in [1.54, 1.807) is 0 Å². The predicted octanol–water partition coefficient (Wildman–Crippen LogP) is 5.29. The first-order valence-corrected chi connectivity index (χ1v) is 11.3. The number of unbranched alkanes of at least 4 members (excludes halogenated alkanes) is 14. The molecule has 0 bridgehead atoms. The molecular weight excluding hydrogens is 324 g/mol. The van der Waals surface area contributed by atoms with Crippen LogP contribution in [-0.2, 0) is 4.79 Å². The normalized spacial score (nSPS) is 12.3.